The number of carbonyl (C=O) groups excluding carboxylic acids is 1. The number of rotatable bonds is 4. The van der Waals surface area contributed by atoms with Crippen LogP contribution in [0.2, 0.25) is 0 Å². The highest BCUT2D eigenvalue weighted by Crippen LogP contribution is 2.23. The van der Waals surface area contributed by atoms with Crippen LogP contribution in [0.25, 0.3) is 0 Å². The molecule has 2 rings (SSSR count). The van der Waals surface area contributed by atoms with Gasteiger partial charge in [-0.15, -0.1) is 0 Å². The second kappa shape index (κ2) is 5.01. The zero-order valence-electron chi connectivity index (χ0n) is 9.62. The molecule has 1 aliphatic rings. The highest BCUT2D eigenvalue weighted by molar-refractivity contribution is 5.95. The summed E-state index contributed by atoms with van der Waals surface area (Å²) in [5.41, 5.74) is 1.78. The van der Waals surface area contributed by atoms with Crippen LogP contribution in [0.1, 0.15) is 36.5 Å². The number of nitrogens with one attached hydrogen (secondary N) is 2. The van der Waals surface area contributed by atoms with Crippen LogP contribution in [0.3, 0.4) is 0 Å². The molecule has 1 amide bonds. The van der Waals surface area contributed by atoms with Gasteiger partial charge < -0.3 is 10.6 Å². The molecule has 0 saturated heterocycles. The lowest BCUT2D eigenvalue weighted by molar-refractivity contribution is 0.0956. The molecule has 0 spiro atoms. The highest BCUT2D eigenvalue weighted by Gasteiger charge is 2.17. The third-order valence-corrected chi connectivity index (χ3v) is 2.94. The van der Waals surface area contributed by atoms with Crippen molar-refractivity contribution in [2.24, 2.45) is 0 Å². The van der Waals surface area contributed by atoms with E-state index in [4.69, 9.17) is 0 Å². The first-order valence-corrected chi connectivity index (χ1v) is 5.94. The Bertz CT molecular complexity index is 372. The van der Waals surface area contributed by atoms with Crippen LogP contribution < -0.4 is 10.6 Å². The van der Waals surface area contributed by atoms with Gasteiger partial charge in [-0.25, -0.2) is 0 Å². The standard InChI is InChI=1S/C13H18N2O/c1-2-14-13(16)10-5-3-8-12(9-10)15-11-6-4-7-11/h3,5,8-9,11,15H,2,4,6-7H2,1H3,(H,14,16). The fraction of sp³-hybridized carbons (Fsp3) is 0.462. The van der Waals surface area contributed by atoms with Crippen molar-refractivity contribution in [2.45, 2.75) is 32.2 Å². The van der Waals surface area contributed by atoms with Gasteiger partial charge in [0.1, 0.15) is 0 Å². The number of carbonyl (C=O) groups is 1. The largest absolute Gasteiger partial charge is 0.382 e. The molecule has 1 aliphatic carbocycles. The minimum Gasteiger partial charge on any atom is -0.382 e. The van der Waals surface area contributed by atoms with Gasteiger partial charge in [0.15, 0.2) is 0 Å². The third kappa shape index (κ3) is 2.54. The van der Waals surface area contributed by atoms with Crippen LogP contribution in [-0.2, 0) is 0 Å². The molecular weight excluding hydrogens is 200 g/mol. The van der Waals surface area contributed by atoms with E-state index in [0.29, 0.717) is 12.6 Å². The van der Waals surface area contributed by atoms with Crippen LogP contribution in [0, 0.1) is 0 Å². The molecule has 1 aromatic rings. The van der Waals surface area contributed by atoms with Crippen LogP contribution in [0.4, 0.5) is 5.69 Å². The lowest BCUT2D eigenvalue weighted by atomic mass is 9.93. The molecule has 86 valence electrons. The maximum absolute atomic E-state index is 11.6. The van der Waals surface area contributed by atoms with E-state index in [0.717, 1.165) is 11.3 Å². The van der Waals surface area contributed by atoms with Crippen molar-refractivity contribution in [3.05, 3.63) is 29.8 Å². The van der Waals surface area contributed by atoms with Gasteiger partial charge in [-0.1, -0.05) is 6.07 Å². The molecule has 0 heterocycles. The van der Waals surface area contributed by atoms with Crippen LogP contribution in [0.15, 0.2) is 24.3 Å². The minimum absolute atomic E-state index is 0.000223. The molecule has 1 aromatic carbocycles. The van der Waals surface area contributed by atoms with E-state index < -0.39 is 0 Å². The van der Waals surface area contributed by atoms with E-state index in [1.165, 1.54) is 19.3 Å². The summed E-state index contributed by atoms with van der Waals surface area (Å²) >= 11 is 0. The second-order valence-electron chi connectivity index (χ2n) is 4.21. The van der Waals surface area contributed by atoms with Gasteiger partial charge in [0, 0.05) is 23.8 Å². The van der Waals surface area contributed by atoms with Crippen molar-refractivity contribution >= 4 is 11.6 Å². The predicted octanol–water partition coefficient (Wildman–Crippen LogP) is 2.40. The Balaban J connectivity index is 2.03. The van der Waals surface area contributed by atoms with E-state index >= 15 is 0 Å². The summed E-state index contributed by atoms with van der Waals surface area (Å²) in [6.07, 6.45) is 3.80. The lowest BCUT2D eigenvalue weighted by Gasteiger charge is -2.27. The highest BCUT2D eigenvalue weighted by atomic mass is 16.1. The molecule has 0 radical (unpaired) electrons. The van der Waals surface area contributed by atoms with Gasteiger partial charge in [0.25, 0.3) is 5.91 Å². The number of anilines is 1. The van der Waals surface area contributed by atoms with Crippen molar-refractivity contribution in [3.8, 4) is 0 Å². The molecular formula is C13H18N2O. The maximum atomic E-state index is 11.6. The summed E-state index contributed by atoms with van der Waals surface area (Å²) in [7, 11) is 0. The van der Waals surface area contributed by atoms with Gasteiger partial charge in [-0.05, 0) is 44.4 Å². The van der Waals surface area contributed by atoms with Gasteiger partial charge in [0.2, 0.25) is 0 Å². The lowest BCUT2D eigenvalue weighted by Crippen LogP contribution is -2.27. The van der Waals surface area contributed by atoms with Crippen molar-refractivity contribution in [2.75, 3.05) is 11.9 Å². The summed E-state index contributed by atoms with van der Waals surface area (Å²) in [5, 5.41) is 6.24. The Morgan fingerprint density at radius 3 is 2.88 bits per heavy atom. The Morgan fingerprint density at radius 1 is 1.44 bits per heavy atom. The number of hydrogen-bond acceptors (Lipinski definition) is 2. The first kappa shape index (κ1) is 11.0. The number of benzene rings is 1. The van der Waals surface area contributed by atoms with Crippen molar-refractivity contribution in [1.29, 1.82) is 0 Å². The summed E-state index contributed by atoms with van der Waals surface area (Å²) in [4.78, 5) is 11.6. The summed E-state index contributed by atoms with van der Waals surface area (Å²) < 4.78 is 0. The molecule has 16 heavy (non-hydrogen) atoms. The van der Waals surface area contributed by atoms with Gasteiger partial charge in [0.05, 0.1) is 0 Å². The summed E-state index contributed by atoms with van der Waals surface area (Å²) in [6, 6.07) is 8.30. The van der Waals surface area contributed by atoms with Crippen LogP contribution in [-0.4, -0.2) is 18.5 Å². The number of hydrogen-bond donors (Lipinski definition) is 2. The smallest absolute Gasteiger partial charge is 0.251 e. The molecule has 3 nitrogen and oxygen atoms in total. The Kier molecular flexibility index (Phi) is 3.44. The van der Waals surface area contributed by atoms with Crippen molar-refractivity contribution in [3.63, 3.8) is 0 Å². The van der Waals surface area contributed by atoms with Crippen LogP contribution >= 0.6 is 0 Å². The van der Waals surface area contributed by atoms with Crippen molar-refractivity contribution < 1.29 is 4.79 Å². The fourth-order valence-electron chi connectivity index (χ4n) is 1.80. The summed E-state index contributed by atoms with van der Waals surface area (Å²) in [5.74, 6) is -0.000223. The topological polar surface area (TPSA) is 41.1 Å². The molecule has 1 saturated carbocycles. The first-order chi connectivity index (χ1) is 7.79. The Morgan fingerprint density at radius 2 is 2.25 bits per heavy atom. The van der Waals surface area contributed by atoms with Crippen LogP contribution in [0.5, 0.6) is 0 Å². The van der Waals surface area contributed by atoms with E-state index in [9.17, 15) is 4.79 Å². The average Bonchev–Trinajstić information content (AvgIpc) is 2.24. The molecule has 2 N–H and O–H groups in total. The van der Waals surface area contributed by atoms with E-state index in [1.54, 1.807) is 0 Å². The molecule has 0 bridgehead atoms. The second-order valence-corrected chi connectivity index (χ2v) is 4.21. The van der Waals surface area contributed by atoms with Gasteiger partial charge >= 0.3 is 0 Å². The van der Waals surface area contributed by atoms with Crippen molar-refractivity contribution in [1.82, 2.24) is 5.32 Å². The molecule has 0 aromatic heterocycles. The Labute approximate surface area is 96.2 Å². The molecule has 3 heteroatoms. The minimum atomic E-state index is -0.000223. The summed E-state index contributed by atoms with van der Waals surface area (Å²) in [6.45, 7) is 2.59. The SMILES string of the molecule is CCNC(=O)c1cccc(NC2CCC2)c1. The monoisotopic (exact) mass is 218 g/mol. The molecule has 0 unspecified atom stereocenters. The normalized spacial score (nSPS) is 15.3. The molecule has 0 atom stereocenters. The quantitative estimate of drug-likeness (QED) is 0.814. The maximum Gasteiger partial charge on any atom is 0.251 e. The molecule has 0 aliphatic heterocycles. The zero-order valence-corrected chi connectivity index (χ0v) is 9.62. The number of amides is 1. The van der Waals surface area contributed by atoms with E-state index in [-0.39, 0.29) is 5.91 Å². The first-order valence-electron chi connectivity index (χ1n) is 5.94. The van der Waals surface area contributed by atoms with Gasteiger partial charge in [-0.2, -0.15) is 0 Å². The zero-order chi connectivity index (χ0) is 11.4. The van der Waals surface area contributed by atoms with E-state index in [2.05, 4.69) is 10.6 Å². The molecule has 1 fully saturated rings. The average molecular weight is 218 g/mol. The Hall–Kier alpha value is -1.51. The third-order valence-electron chi connectivity index (χ3n) is 2.94. The predicted molar refractivity (Wildman–Crippen MR) is 65.7 cm³/mol. The fourth-order valence-corrected chi connectivity index (χ4v) is 1.80. The van der Waals surface area contributed by atoms with Gasteiger partial charge in [-0.3, -0.25) is 4.79 Å². The van der Waals surface area contributed by atoms with E-state index in [1.807, 2.05) is 31.2 Å².